The van der Waals surface area contributed by atoms with E-state index in [-0.39, 0.29) is 5.92 Å². The maximum atomic E-state index is 2.31. The third-order valence-corrected chi connectivity index (χ3v) is 9.52. The summed E-state index contributed by atoms with van der Waals surface area (Å²) in [5.41, 5.74) is 6.68. The molecule has 7 aromatic rings. The Balaban J connectivity index is 1.62. The molecule has 2 heteroatoms. The highest BCUT2D eigenvalue weighted by molar-refractivity contribution is 7.23. The molecule has 0 aliphatic carbocycles. The van der Waals surface area contributed by atoms with Gasteiger partial charge in [0.15, 0.2) is 0 Å². The van der Waals surface area contributed by atoms with Crippen LogP contribution >= 0.6 is 22.7 Å². The zero-order valence-electron chi connectivity index (χ0n) is 20.2. The van der Waals surface area contributed by atoms with Gasteiger partial charge >= 0.3 is 0 Å². The lowest BCUT2D eigenvalue weighted by Crippen LogP contribution is -2.05. The maximum Gasteiger partial charge on any atom is 0.0397 e. The second kappa shape index (κ2) is 9.48. The minimum atomic E-state index is 0.0962. The SMILES string of the molecule is c1ccc(-c2sc3ccccc3c2C(c2ccccc2)c2c(-c3ccccc3)sc3ccccc23)cc1. The lowest BCUT2D eigenvalue weighted by molar-refractivity contribution is 1.02. The minimum absolute atomic E-state index is 0.0962. The molecule has 0 N–H and O–H groups in total. The molecule has 0 nitrogen and oxygen atoms in total. The predicted octanol–water partition coefficient (Wildman–Crippen LogP) is 10.6. The zero-order chi connectivity index (χ0) is 24.6. The van der Waals surface area contributed by atoms with Crippen LogP contribution in [0.3, 0.4) is 0 Å². The molecule has 0 atom stereocenters. The van der Waals surface area contributed by atoms with E-state index in [0.717, 1.165) is 0 Å². The van der Waals surface area contributed by atoms with Crippen molar-refractivity contribution in [2.45, 2.75) is 5.92 Å². The number of hydrogen-bond donors (Lipinski definition) is 0. The van der Waals surface area contributed by atoms with Crippen molar-refractivity contribution in [3.05, 3.63) is 156 Å². The number of benzene rings is 5. The molecular formula is C35H24S2. The van der Waals surface area contributed by atoms with Crippen molar-refractivity contribution in [2.24, 2.45) is 0 Å². The van der Waals surface area contributed by atoms with Crippen molar-refractivity contribution < 1.29 is 0 Å². The van der Waals surface area contributed by atoms with Gasteiger partial charge in [-0.3, -0.25) is 0 Å². The van der Waals surface area contributed by atoms with Crippen molar-refractivity contribution in [3.63, 3.8) is 0 Å². The Hall–Kier alpha value is -3.98. The van der Waals surface area contributed by atoms with E-state index in [2.05, 4.69) is 140 Å². The Bertz CT molecular complexity index is 1690. The summed E-state index contributed by atoms with van der Waals surface area (Å²) in [6.07, 6.45) is 0. The Morgan fingerprint density at radius 2 is 0.757 bits per heavy atom. The van der Waals surface area contributed by atoms with Gasteiger partial charge < -0.3 is 0 Å². The Kier molecular flexibility index (Phi) is 5.70. The van der Waals surface area contributed by atoms with Crippen molar-refractivity contribution in [1.82, 2.24) is 0 Å². The average molecular weight is 509 g/mol. The molecule has 176 valence electrons. The van der Waals surface area contributed by atoms with Gasteiger partial charge in [0.1, 0.15) is 0 Å². The zero-order valence-corrected chi connectivity index (χ0v) is 21.8. The molecule has 37 heavy (non-hydrogen) atoms. The summed E-state index contributed by atoms with van der Waals surface area (Å²) in [5.74, 6) is 0.0962. The van der Waals surface area contributed by atoms with Crippen LogP contribution in [0.1, 0.15) is 22.6 Å². The van der Waals surface area contributed by atoms with Crippen LogP contribution < -0.4 is 0 Å². The molecule has 0 spiro atoms. The quantitative estimate of drug-likeness (QED) is 0.217. The van der Waals surface area contributed by atoms with E-state index in [0.29, 0.717) is 0 Å². The third kappa shape index (κ3) is 3.90. The van der Waals surface area contributed by atoms with Gasteiger partial charge in [0.05, 0.1) is 0 Å². The van der Waals surface area contributed by atoms with E-state index in [9.17, 15) is 0 Å². The largest absolute Gasteiger partial charge is 0.135 e. The van der Waals surface area contributed by atoms with Crippen LogP contribution in [0.5, 0.6) is 0 Å². The van der Waals surface area contributed by atoms with Crippen molar-refractivity contribution >= 4 is 42.8 Å². The second-order valence-corrected chi connectivity index (χ2v) is 11.4. The Morgan fingerprint density at radius 3 is 1.22 bits per heavy atom. The number of rotatable bonds is 5. The molecular weight excluding hydrogens is 485 g/mol. The summed E-state index contributed by atoms with van der Waals surface area (Å²) in [6.45, 7) is 0. The first-order valence-electron chi connectivity index (χ1n) is 12.6. The summed E-state index contributed by atoms with van der Waals surface area (Å²) in [6, 6.07) is 50.7. The third-order valence-electron chi connectivity index (χ3n) is 7.05. The fourth-order valence-electron chi connectivity index (χ4n) is 5.44. The average Bonchev–Trinajstić information content (AvgIpc) is 3.55. The summed E-state index contributed by atoms with van der Waals surface area (Å²) >= 11 is 3.82. The smallest absolute Gasteiger partial charge is 0.0397 e. The monoisotopic (exact) mass is 508 g/mol. The van der Waals surface area contributed by atoms with Gasteiger partial charge in [-0.25, -0.2) is 0 Å². The first-order valence-corrected chi connectivity index (χ1v) is 14.2. The van der Waals surface area contributed by atoms with E-state index in [1.54, 1.807) is 0 Å². The van der Waals surface area contributed by atoms with Gasteiger partial charge in [0, 0.05) is 25.1 Å². The fourth-order valence-corrected chi connectivity index (χ4v) is 7.93. The highest BCUT2D eigenvalue weighted by Crippen LogP contribution is 2.52. The molecule has 0 unspecified atom stereocenters. The van der Waals surface area contributed by atoms with Gasteiger partial charge in [-0.2, -0.15) is 0 Å². The second-order valence-electron chi connectivity index (χ2n) is 9.26. The molecule has 0 saturated heterocycles. The van der Waals surface area contributed by atoms with Crippen molar-refractivity contribution in [1.29, 1.82) is 0 Å². The molecule has 0 saturated carbocycles. The molecule has 2 heterocycles. The molecule has 0 fully saturated rings. The van der Waals surface area contributed by atoms with E-state index in [1.165, 1.54) is 57.7 Å². The molecule has 5 aromatic carbocycles. The van der Waals surface area contributed by atoms with Crippen LogP contribution in [-0.2, 0) is 0 Å². The predicted molar refractivity (Wildman–Crippen MR) is 162 cm³/mol. The van der Waals surface area contributed by atoms with E-state index in [1.807, 2.05) is 22.7 Å². The molecule has 0 bridgehead atoms. The summed E-state index contributed by atoms with van der Waals surface area (Å²) in [7, 11) is 0. The number of thiophene rings is 2. The van der Waals surface area contributed by atoms with Crippen LogP contribution in [0.4, 0.5) is 0 Å². The highest BCUT2D eigenvalue weighted by atomic mass is 32.1. The first kappa shape index (κ1) is 22.2. The van der Waals surface area contributed by atoms with E-state index < -0.39 is 0 Å². The minimum Gasteiger partial charge on any atom is -0.135 e. The lowest BCUT2D eigenvalue weighted by Gasteiger charge is -2.22. The molecule has 0 amide bonds. The van der Waals surface area contributed by atoms with Crippen molar-refractivity contribution in [3.8, 4) is 20.9 Å². The van der Waals surface area contributed by atoms with Crippen molar-refractivity contribution in [2.75, 3.05) is 0 Å². The summed E-state index contributed by atoms with van der Waals surface area (Å²) in [4.78, 5) is 2.70. The standard InChI is InChI=1S/C35H24S2/c1-4-14-24(15-5-1)31(32-27-20-10-12-22-29(27)36-34(32)25-16-6-2-7-17-25)33-28-21-11-13-23-30(28)37-35(33)26-18-8-3-9-19-26/h1-23,31H. The van der Waals surface area contributed by atoms with Crippen LogP contribution in [0, 0.1) is 0 Å². The summed E-state index contributed by atoms with van der Waals surface area (Å²) in [5, 5.41) is 2.68. The Morgan fingerprint density at radius 1 is 0.378 bits per heavy atom. The van der Waals surface area contributed by atoms with Crippen LogP contribution in [0.15, 0.2) is 140 Å². The molecule has 0 radical (unpaired) electrons. The van der Waals surface area contributed by atoms with Gasteiger partial charge in [0.2, 0.25) is 0 Å². The number of fused-ring (bicyclic) bond motifs is 2. The first-order chi connectivity index (χ1) is 18.4. The molecule has 2 aromatic heterocycles. The topological polar surface area (TPSA) is 0 Å². The van der Waals surface area contributed by atoms with Crippen LogP contribution in [-0.4, -0.2) is 0 Å². The van der Waals surface area contributed by atoms with E-state index in [4.69, 9.17) is 0 Å². The highest BCUT2D eigenvalue weighted by Gasteiger charge is 2.30. The molecule has 0 aliphatic rings. The van der Waals surface area contributed by atoms with Gasteiger partial charge in [-0.15, -0.1) is 22.7 Å². The van der Waals surface area contributed by atoms with Gasteiger partial charge in [0.25, 0.3) is 0 Å². The van der Waals surface area contributed by atoms with Gasteiger partial charge in [-0.1, -0.05) is 127 Å². The fraction of sp³-hybridized carbons (Fsp3) is 0.0286. The maximum absolute atomic E-state index is 2.31. The summed E-state index contributed by atoms with van der Waals surface area (Å²) < 4.78 is 2.66. The Labute approximate surface area is 225 Å². The van der Waals surface area contributed by atoms with E-state index >= 15 is 0 Å². The van der Waals surface area contributed by atoms with Gasteiger partial charge in [-0.05, 0) is 50.7 Å². The normalized spacial score (nSPS) is 11.5. The number of hydrogen-bond acceptors (Lipinski definition) is 2. The lowest BCUT2D eigenvalue weighted by atomic mass is 9.80. The molecule has 0 aliphatic heterocycles. The van der Waals surface area contributed by atoms with Crippen LogP contribution in [0.25, 0.3) is 41.1 Å². The molecule has 7 rings (SSSR count). The van der Waals surface area contributed by atoms with Crippen LogP contribution in [0.2, 0.25) is 0 Å².